The molecule has 0 bridgehead atoms. The van der Waals surface area contributed by atoms with E-state index >= 15 is 0 Å². The Bertz CT molecular complexity index is 738. The van der Waals surface area contributed by atoms with Crippen molar-refractivity contribution in [2.45, 2.75) is 12.9 Å². The summed E-state index contributed by atoms with van der Waals surface area (Å²) < 4.78 is 50.7. The van der Waals surface area contributed by atoms with Crippen molar-refractivity contribution in [3.8, 4) is 17.2 Å². The number of aliphatic imine (C=N–C) groups is 1. The van der Waals surface area contributed by atoms with Gasteiger partial charge in [0.15, 0.2) is 5.96 Å². The van der Waals surface area contributed by atoms with Crippen LogP contribution in [-0.2, 0) is 6.54 Å². The van der Waals surface area contributed by atoms with Crippen molar-refractivity contribution in [1.29, 1.82) is 0 Å². The smallest absolute Gasteiger partial charge is 0.497 e. The van der Waals surface area contributed by atoms with Gasteiger partial charge in [0.1, 0.15) is 23.9 Å². The number of nitrogens with one attached hydrogen (secondary N) is 1. The van der Waals surface area contributed by atoms with Crippen molar-refractivity contribution in [2.24, 2.45) is 10.7 Å². The van der Waals surface area contributed by atoms with Crippen molar-refractivity contribution < 1.29 is 27.4 Å². The van der Waals surface area contributed by atoms with Gasteiger partial charge in [-0.1, -0.05) is 12.1 Å². The molecule has 0 amide bonds. The summed E-state index contributed by atoms with van der Waals surface area (Å²) in [5.74, 6) is 1.38. The van der Waals surface area contributed by atoms with Gasteiger partial charge in [-0.25, -0.2) is 4.99 Å². The Morgan fingerprint density at radius 1 is 1.00 bits per heavy atom. The first-order valence-corrected chi connectivity index (χ1v) is 8.01. The maximum Gasteiger partial charge on any atom is 0.573 e. The van der Waals surface area contributed by atoms with Crippen molar-refractivity contribution >= 4 is 29.9 Å². The third-order valence-electron chi connectivity index (χ3n) is 3.33. The van der Waals surface area contributed by atoms with Crippen LogP contribution in [-0.4, -0.2) is 32.6 Å². The lowest BCUT2D eigenvalue weighted by atomic mass is 10.2. The molecule has 0 fully saturated rings. The highest BCUT2D eigenvalue weighted by Crippen LogP contribution is 2.22. The topological polar surface area (TPSA) is 78.1 Å². The number of halogens is 4. The minimum Gasteiger partial charge on any atom is -0.497 e. The lowest BCUT2D eigenvalue weighted by Gasteiger charge is -2.09. The predicted molar refractivity (Wildman–Crippen MR) is 110 cm³/mol. The molecule has 28 heavy (non-hydrogen) atoms. The van der Waals surface area contributed by atoms with E-state index < -0.39 is 6.36 Å². The van der Waals surface area contributed by atoms with Crippen molar-refractivity contribution in [2.75, 3.05) is 20.3 Å². The van der Waals surface area contributed by atoms with Crippen molar-refractivity contribution in [3.05, 3.63) is 54.1 Å². The van der Waals surface area contributed by atoms with E-state index in [1.165, 1.54) is 24.3 Å². The SMILES string of the molecule is COc1ccc(OCCNC(N)=NCc2ccc(OC(F)(F)F)cc2)cc1.I. The van der Waals surface area contributed by atoms with Gasteiger partial charge in [-0.05, 0) is 42.0 Å². The first-order chi connectivity index (χ1) is 12.9. The fraction of sp³-hybridized carbons (Fsp3) is 0.278. The van der Waals surface area contributed by atoms with E-state index in [0.29, 0.717) is 24.5 Å². The van der Waals surface area contributed by atoms with Crippen LogP contribution >= 0.6 is 24.0 Å². The van der Waals surface area contributed by atoms with Crippen LogP contribution in [0.1, 0.15) is 5.56 Å². The first kappa shape index (κ1) is 23.7. The van der Waals surface area contributed by atoms with E-state index in [9.17, 15) is 13.2 Å². The van der Waals surface area contributed by atoms with Crippen molar-refractivity contribution in [3.63, 3.8) is 0 Å². The number of hydrogen-bond donors (Lipinski definition) is 2. The number of alkyl halides is 3. The molecule has 2 rings (SSSR count). The second-order valence-electron chi connectivity index (χ2n) is 5.34. The average molecular weight is 511 g/mol. The molecular formula is C18H21F3IN3O3. The zero-order chi connectivity index (χ0) is 19.7. The maximum atomic E-state index is 12.1. The average Bonchev–Trinajstić information content (AvgIpc) is 2.64. The van der Waals surface area contributed by atoms with Gasteiger partial charge in [0, 0.05) is 0 Å². The third-order valence-corrected chi connectivity index (χ3v) is 3.33. The van der Waals surface area contributed by atoms with Crippen LogP contribution < -0.4 is 25.3 Å². The van der Waals surface area contributed by atoms with E-state index in [-0.39, 0.29) is 42.2 Å². The van der Waals surface area contributed by atoms with E-state index in [2.05, 4.69) is 15.0 Å². The minimum atomic E-state index is -4.71. The number of methoxy groups -OCH3 is 1. The molecule has 3 N–H and O–H groups in total. The molecule has 6 nitrogen and oxygen atoms in total. The highest BCUT2D eigenvalue weighted by molar-refractivity contribution is 14.0. The van der Waals surface area contributed by atoms with Crippen LogP contribution in [0.5, 0.6) is 17.2 Å². The molecule has 0 atom stereocenters. The number of rotatable bonds is 8. The van der Waals surface area contributed by atoms with E-state index in [0.717, 1.165) is 5.75 Å². The van der Waals surface area contributed by atoms with E-state index in [1.54, 1.807) is 31.4 Å². The third kappa shape index (κ3) is 9.02. The van der Waals surface area contributed by atoms with Gasteiger partial charge >= 0.3 is 6.36 Å². The summed E-state index contributed by atoms with van der Waals surface area (Å²) in [7, 11) is 1.59. The van der Waals surface area contributed by atoms with Gasteiger partial charge < -0.3 is 25.3 Å². The lowest BCUT2D eigenvalue weighted by molar-refractivity contribution is -0.274. The Labute approximate surface area is 177 Å². The number of guanidine groups is 1. The number of benzene rings is 2. The molecule has 10 heteroatoms. The Morgan fingerprint density at radius 3 is 2.14 bits per heavy atom. The highest BCUT2D eigenvalue weighted by Gasteiger charge is 2.30. The summed E-state index contributed by atoms with van der Waals surface area (Å²) in [5.41, 5.74) is 6.44. The molecule has 2 aromatic carbocycles. The fourth-order valence-corrected chi connectivity index (χ4v) is 2.05. The predicted octanol–water partition coefficient (Wildman–Crippen LogP) is 3.70. The van der Waals surface area contributed by atoms with Crippen LogP contribution in [0, 0.1) is 0 Å². The number of ether oxygens (including phenoxy) is 3. The maximum absolute atomic E-state index is 12.1. The van der Waals surface area contributed by atoms with Gasteiger partial charge in [-0.15, -0.1) is 37.1 Å². The fourth-order valence-electron chi connectivity index (χ4n) is 2.05. The zero-order valence-corrected chi connectivity index (χ0v) is 17.4. The molecule has 0 saturated heterocycles. The number of nitrogens with two attached hydrogens (primary N) is 1. The zero-order valence-electron chi connectivity index (χ0n) is 15.0. The van der Waals surface area contributed by atoms with Crippen LogP contribution in [0.15, 0.2) is 53.5 Å². The molecule has 0 aliphatic carbocycles. The number of hydrogen-bond acceptors (Lipinski definition) is 4. The molecule has 0 saturated carbocycles. The molecule has 0 unspecified atom stereocenters. The molecule has 0 radical (unpaired) electrons. The van der Waals surface area contributed by atoms with Gasteiger partial charge in [-0.2, -0.15) is 0 Å². The van der Waals surface area contributed by atoms with Gasteiger partial charge in [0.05, 0.1) is 20.2 Å². The molecule has 0 aliphatic rings. The van der Waals surface area contributed by atoms with Gasteiger partial charge in [0.25, 0.3) is 0 Å². The Kier molecular flexibility index (Phi) is 9.69. The Hall–Kier alpha value is -2.37. The molecule has 2 aromatic rings. The first-order valence-electron chi connectivity index (χ1n) is 8.01. The van der Waals surface area contributed by atoms with Crippen LogP contribution in [0.2, 0.25) is 0 Å². The quantitative estimate of drug-likeness (QED) is 0.245. The Morgan fingerprint density at radius 2 is 1.57 bits per heavy atom. The summed E-state index contributed by atoms with van der Waals surface area (Å²) in [6, 6.07) is 12.6. The van der Waals surface area contributed by atoms with Crippen LogP contribution in [0.3, 0.4) is 0 Å². The second-order valence-corrected chi connectivity index (χ2v) is 5.34. The standard InChI is InChI=1S/C18H20F3N3O3.HI/c1-25-14-6-8-15(9-7-14)26-11-10-23-17(22)24-12-13-2-4-16(5-3-13)27-18(19,20)21;/h2-9H,10-12H2,1H3,(H3,22,23,24);1H. The molecule has 0 spiro atoms. The molecule has 0 aliphatic heterocycles. The van der Waals surface area contributed by atoms with Gasteiger partial charge in [0.2, 0.25) is 0 Å². The molecule has 0 heterocycles. The van der Waals surface area contributed by atoms with E-state index in [1.807, 2.05) is 0 Å². The van der Waals surface area contributed by atoms with Gasteiger partial charge in [-0.3, -0.25) is 0 Å². The van der Waals surface area contributed by atoms with Crippen LogP contribution in [0.25, 0.3) is 0 Å². The van der Waals surface area contributed by atoms with Crippen molar-refractivity contribution in [1.82, 2.24) is 5.32 Å². The lowest BCUT2D eigenvalue weighted by Crippen LogP contribution is -2.34. The highest BCUT2D eigenvalue weighted by atomic mass is 127. The van der Waals surface area contributed by atoms with E-state index in [4.69, 9.17) is 15.2 Å². The minimum absolute atomic E-state index is 0. The summed E-state index contributed by atoms with van der Waals surface area (Å²) in [4.78, 5) is 4.11. The normalized spacial score (nSPS) is 11.4. The Balaban J connectivity index is 0.00000392. The number of nitrogens with zero attached hydrogens (tertiary/aromatic N) is 1. The summed E-state index contributed by atoms with van der Waals surface area (Å²) in [6.07, 6.45) is -4.71. The monoisotopic (exact) mass is 511 g/mol. The van der Waals surface area contributed by atoms with Crippen LogP contribution in [0.4, 0.5) is 13.2 Å². The summed E-state index contributed by atoms with van der Waals surface area (Å²) >= 11 is 0. The molecular weight excluding hydrogens is 490 g/mol. The largest absolute Gasteiger partial charge is 0.573 e. The summed E-state index contributed by atoms with van der Waals surface area (Å²) in [6.45, 7) is 1.05. The second kappa shape index (κ2) is 11.5. The summed E-state index contributed by atoms with van der Waals surface area (Å²) in [5, 5.41) is 2.89. The molecule has 0 aromatic heterocycles. The molecule has 154 valence electrons.